The van der Waals surface area contributed by atoms with Gasteiger partial charge in [0.15, 0.2) is 0 Å². The van der Waals surface area contributed by atoms with Gasteiger partial charge >= 0.3 is 0 Å². The predicted octanol–water partition coefficient (Wildman–Crippen LogP) is 5.79. The van der Waals surface area contributed by atoms with E-state index in [1.54, 1.807) is 23.1 Å². The van der Waals surface area contributed by atoms with Crippen LogP contribution in [0.2, 0.25) is 10.0 Å². The quantitative estimate of drug-likeness (QED) is 0.541. The Labute approximate surface area is 194 Å². The molecule has 2 aromatic rings. The molecule has 31 heavy (non-hydrogen) atoms. The molecule has 1 unspecified atom stereocenters. The fourth-order valence-corrected chi connectivity index (χ4v) is 4.49. The van der Waals surface area contributed by atoms with Crippen LogP contribution in [0.15, 0.2) is 48.5 Å². The normalized spacial score (nSPS) is 15.3. The Kier molecular flexibility index (Phi) is 8.79. The van der Waals surface area contributed by atoms with E-state index in [1.165, 1.54) is 6.42 Å². The van der Waals surface area contributed by atoms with Crippen LogP contribution in [-0.2, 0) is 22.6 Å². The van der Waals surface area contributed by atoms with Crippen LogP contribution in [0.1, 0.15) is 56.6 Å². The summed E-state index contributed by atoms with van der Waals surface area (Å²) < 4.78 is 0. The molecule has 1 saturated carbocycles. The number of nitrogens with zero attached hydrogens (tertiary/aromatic N) is 1. The van der Waals surface area contributed by atoms with Crippen molar-refractivity contribution in [3.8, 4) is 0 Å². The topological polar surface area (TPSA) is 49.4 Å². The van der Waals surface area contributed by atoms with E-state index in [9.17, 15) is 9.59 Å². The van der Waals surface area contributed by atoms with Crippen molar-refractivity contribution in [1.82, 2.24) is 10.2 Å². The smallest absolute Gasteiger partial charge is 0.243 e. The molecule has 0 saturated heterocycles. The number of rotatable bonds is 8. The Morgan fingerprint density at radius 2 is 1.71 bits per heavy atom. The van der Waals surface area contributed by atoms with Gasteiger partial charge in [0.05, 0.1) is 16.5 Å². The molecule has 0 spiro atoms. The number of benzene rings is 2. The number of amides is 2. The Morgan fingerprint density at radius 3 is 2.35 bits per heavy atom. The van der Waals surface area contributed by atoms with Crippen molar-refractivity contribution >= 4 is 35.0 Å². The molecule has 0 heterocycles. The second-order valence-electron chi connectivity index (χ2n) is 8.20. The molecule has 3 rings (SSSR count). The van der Waals surface area contributed by atoms with Crippen LogP contribution in [0.4, 0.5) is 0 Å². The highest BCUT2D eigenvalue weighted by molar-refractivity contribution is 6.42. The van der Waals surface area contributed by atoms with Gasteiger partial charge in [-0.3, -0.25) is 9.59 Å². The van der Waals surface area contributed by atoms with E-state index in [1.807, 2.05) is 37.3 Å². The first-order valence-corrected chi connectivity index (χ1v) is 11.8. The van der Waals surface area contributed by atoms with Crippen LogP contribution in [0, 0.1) is 0 Å². The predicted molar refractivity (Wildman–Crippen MR) is 126 cm³/mol. The second kappa shape index (κ2) is 11.5. The van der Waals surface area contributed by atoms with E-state index in [0.717, 1.165) is 36.8 Å². The van der Waals surface area contributed by atoms with Crippen LogP contribution in [-0.4, -0.2) is 28.8 Å². The highest BCUT2D eigenvalue weighted by atomic mass is 35.5. The van der Waals surface area contributed by atoms with E-state index < -0.39 is 6.04 Å². The largest absolute Gasteiger partial charge is 0.352 e. The molecule has 2 amide bonds. The Bertz CT molecular complexity index is 882. The van der Waals surface area contributed by atoms with Gasteiger partial charge in [0, 0.05) is 12.6 Å². The monoisotopic (exact) mass is 460 g/mol. The van der Waals surface area contributed by atoms with Gasteiger partial charge in [0.25, 0.3) is 0 Å². The first-order chi connectivity index (χ1) is 15.0. The van der Waals surface area contributed by atoms with Crippen molar-refractivity contribution in [2.45, 2.75) is 70.5 Å². The number of hydrogen-bond acceptors (Lipinski definition) is 2. The minimum absolute atomic E-state index is 0.0622. The Morgan fingerprint density at radius 1 is 1.00 bits per heavy atom. The zero-order chi connectivity index (χ0) is 22.2. The van der Waals surface area contributed by atoms with Gasteiger partial charge < -0.3 is 10.2 Å². The molecule has 1 atom stereocenters. The lowest BCUT2D eigenvalue weighted by Crippen LogP contribution is -2.51. The standard InChI is InChI=1S/C25H30Cl2N2O2/c1-2-23(25(31)28-20-11-7-4-8-12-20)29(17-18-9-5-3-6-10-18)24(30)16-19-13-14-21(26)22(27)15-19/h3,5-6,9-10,13-15,20,23H,2,4,7-8,11-12,16-17H2,1H3,(H,28,31). The summed E-state index contributed by atoms with van der Waals surface area (Å²) in [6.07, 6.45) is 6.26. The lowest BCUT2D eigenvalue weighted by molar-refractivity contribution is -0.141. The summed E-state index contributed by atoms with van der Waals surface area (Å²) in [4.78, 5) is 28.3. The van der Waals surface area contributed by atoms with Gasteiger partial charge in [0.2, 0.25) is 11.8 Å². The van der Waals surface area contributed by atoms with Gasteiger partial charge in [-0.1, -0.05) is 85.8 Å². The summed E-state index contributed by atoms with van der Waals surface area (Å²) in [5.74, 6) is -0.166. The van der Waals surface area contributed by atoms with E-state index in [-0.39, 0.29) is 24.3 Å². The van der Waals surface area contributed by atoms with Crippen molar-refractivity contribution in [2.75, 3.05) is 0 Å². The van der Waals surface area contributed by atoms with E-state index >= 15 is 0 Å². The van der Waals surface area contributed by atoms with Crippen molar-refractivity contribution in [1.29, 1.82) is 0 Å². The highest BCUT2D eigenvalue weighted by Gasteiger charge is 2.30. The number of nitrogens with one attached hydrogen (secondary N) is 1. The molecular weight excluding hydrogens is 431 g/mol. The molecule has 2 aromatic carbocycles. The zero-order valence-corrected chi connectivity index (χ0v) is 19.5. The maximum Gasteiger partial charge on any atom is 0.243 e. The maximum atomic E-state index is 13.4. The van der Waals surface area contributed by atoms with Gasteiger partial charge in [-0.25, -0.2) is 0 Å². The third kappa shape index (κ3) is 6.72. The second-order valence-corrected chi connectivity index (χ2v) is 9.01. The molecule has 0 radical (unpaired) electrons. The number of carbonyl (C=O) groups excluding carboxylic acids is 2. The zero-order valence-electron chi connectivity index (χ0n) is 17.9. The average molecular weight is 461 g/mol. The minimum Gasteiger partial charge on any atom is -0.352 e. The third-order valence-corrected chi connectivity index (χ3v) is 6.61. The van der Waals surface area contributed by atoms with E-state index in [2.05, 4.69) is 5.32 Å². The van der Waals surface area contributed by atoms with Crippen molar-refractivity contribution < 1.29 is 9.59 Å². The summed E-state index contributed by atoms with van der Waals surface area (Å²) in [6.45, 7) is 2.34. The lowest BCUT2D eigenvalue weighted by atomic mass is 9.95. The van der Waals surface area contributed by atoms with Crippen molar-refractivity contribution in [3.63, 3.8) is 0 Å². The van der Waals surface area contributed by atoms with Gasteiger partial charge in [-0.05, 0) is 42.5 Å². The first kappa shape index (κ1) is 23.6. The molecule has 1 aliphatic rings. The summed E-state index contributed by atoms with van der Waals surface area (Å²) in [7, 11) is 0. The summed E-state index contributed by atoms with van der Waals surface area (Å²) >= 11 is 12.1. The molecule has 4 nitrogen and oxygen atoms in total. The molecule has 1 fully saturated rings. The molecule has 1 N–H and O–H groups in total. The van der Waals surface area contributed by atoms with Gasteiger partial charge in [-0.15, -0.1) is 0 Å². The van der Waals surface area contributed by atoms with Crippen LogP contribution >= 0.6 is 23.2 Å². The SMILES string of the molecule is CCC(C(=O)NC1CCCCC1)N(Cc1ccccc1)C(=O)Cc1ccc(Cl)c(Cl)c1. The van der Waals surface area contributed by atoms with Crippen LogP contribution in [0.5, 0.6) is 0 Å². The third-order valence-electron chi connectivity index (χ3n) is 5.87. The lowest BCUT2D eigenvalue weighted by Gasteiger charge is -2.33. The number of carbonyl (C=O) groups is 2. The fraction of sp³-hybridized carbons (Fsp3) is 0.440. The average Bonchev–Trinajstić information content (AvgIpc) is 2.77. The highest BCUT2D eigenvalue weighted by Crippen LogP contribution is 2.24. The first-order valence-electron chi connectivity index (χ1n) is 11.1. The molecule has 6 heteroatoms. The number of halogens is 2. The van der Waals surface area contributed by atoms with Crippen molar-refractivity contribution in [2.24, 2.45) is 0 Å². The maximum absolute atomic E-state index is 13.4. The number of hydrogen-bond donors (Lipinski definition) is 1. The molecular formula is C25H30Cl2N2O2. The summed E-state index contributed by atoms with van der Waals surface area (Å²) in [5, 5.41) is 4.08. The van der Waals surface area contributed by atoms with Crippen LogP contribution in [0.3, 0.4) is 0 Å². The molecule has 0 aromatic heterocycles. The molecule has 1 aliphatic carbocycles. The van der Waals surface area contributed by atoms with E-state index in [0.29, 0.717) is 23.0 Å². The summed E-state index contributed by atoms with van der Waals surface area (Å²) in [6, 6.07) is 14.7. The van der Waals surface area contributed by atoms with Crippen LogP contribution < -0.4 is 5.32 Å². The van der Waals surface area contributed by atoms with Gasteiger partial charge in [-0.2, -0.15) is 0 Å². The molecule has 0 aliphatic heterocycles. The Balaban J connectivity index is 1.79. The van der Waals surface area contributed by atoms with Gasteiger partial charge in [0.1, 0.15) is 6.04 Å². The summed E-state index contributed by atoms with van der Waals surface area (Å²) in [5.41, 5.74) is 1.77. The molecule has 166 valence electrons. The fourth-order valence-electron chi connectivity index (χ4n) is 4.17. The van der Waals surface area contributed by atoms with Crippen molar-refractivity contribution in [3.05, 3.63) is 69.7 Å². The van der Waals surface area contributed by atoms with E-state index in [4.69, 9.17) is 23.2 Å². The molecule has 0 bridgehead atoms. The minimum atomic E-state index is -0.516. The Hall–Kier alpha value is -2.04. The van der Waals surface area contributed by atoms with Crippen LogP contribution in [0.25, 0.3) is 0 Å².